The quantitative estimate of drug-likeness (QED) is 0.460. The molecule has 7 heteroatoms. The molecular weight excluding hydrogens is 374 g/mol. The number of rotatable bonds is 3. The third-order valence-electron chi connectivity index (χ3n) is 5.17. The highest BCUT2D eigenvalue weighted by atomic mass is 14.9. The van der Waals surface area contributed by atoms with Gasteiger partial charge in [-0.25, -0.2) is 9.97 Å². The van der Waals surface area contributed by atoms with E-state index in [1.54, 1.807) is 24.8 Å². The molecule has 0 saturated carbocycles. The van der Waals surface area contributed by atoms with Crippen molar-refractivity contribution in [2.75, 3.05) is 0 Å². The second-order valence-corrected chi connectivity index (χ2v) is 6.97. The second kappa shape index (κ2) is 6.59. The maximum Gasteiger partial charge on any atom is 0.140 e. The number of fused-ring (bicyclic) bond motifs is 2. The van der Waals surface area contributed by atoms with Crippen LogP contribution in [0, 0.1) is 0 Å². The van der Waals surface area contributed by atoms with Crippen molar-refractivity contribution < 1.29 is 0 Å². The molecule has 0 aromatic carbocycles. The van der Waals surface area contributed by atoms with Crippen molar-refractivity contribution in [3.63, 3.8) is 0 Å². The average molecular weight is 389 g/mol. The summed E-state index contributed by atoms with van der Waals surface area (Å²) < 4.78 is 0. The largest absolute Gasteiger partial charge is 0.345 e. The van der Waals surface area contributed by atoms with Gasteiger partial charge in [-0.3, -0.25) is 15.0 Å². The molecule has 0 aliphatic carbocycles. The van der Waals surface area contributed by atoms with Crippen LogP contribution in [0.3, 0.4) is 0 Å². The van der Waals surface area contributed by atoms with Crippen molar-refractivity contribution in [3.05, 3.63) is 79.9 Å². The molecule has 0 amide bonds. The lowest BCUT2D eigenvalue weighted by Gasteiger charge is -2.01. The molecule has 6 aromatic heterocycles. The average Bonchev–Trinajstić information content (AvgIpc) is 3.43. The molecule has 7 nitrogen and oxygen atoms in total. The molecule has 6 rings (SSSR count). The van der Waals surface area contributed by atoms with E-state index >= 15 is 0 Å². The summed E-state index contributed by atoms with van der Waals surface area (Å²) in [4.78, 5) is 28.8. The van der Waals surface area contributed by atoms with E-state index in [0.29, 0.717) is 0 Å². The molecule has 142 valence electrons. The molecule has 0 aliphatic rings. The van der Waals surface area contributed by atoms with Crippen molar-refractivity contribution in [2.24, 2.45) is 0 Å². The smallest absolute Gasteiger partial charge is 0.140 e. The second-order valence-electron chi connectivity index (χ2n) is 6.97. The number of nitrogens with zero attached hydrogens (tertiary/aromatic N) is 5. The lowest BCUT2D eigenvalue weighted by molar-refractivity contribution is 1.30. The molecule has 0 saturated heterocycles. The van der Waals surface area contributed by atoms with Crippen LogP contribution in [-0.4, -0.2) is 34.9 Å². The van der Waals surface area contributed by atoms with Crippen LogP contribution in [0.2, 0.25) is 0 Å². The van der Waals surface area contributed by atoms with Gasteiger partial charge in [-0.1, -0.05) is 6.07 Å². The van der Waals surface area contributed by atoms with Crippen molar-refractivity contribution in [1.29, 1.82) is 0 Å². The molecule has 30 heavy (non-hydrogen) atoms. The van der Waals surface area contributed by atoms with E-state index in [0.717, 1.165) is 55.7 Å². The molecule has 0 unspecified atom stereocenters. The number of nitrogens with one attached hydrogen (secondary N) is 2. The molecule has 0 fully saturated rings. The first kappa shape index (κ1) is 16.6. The van der Waals surface area contributed by atoms with Crippen molar-refractivity contribution in [2.45, 2.75) is 0 Å². The summed E-state index contributed by atoms with van der Waals surface area (Å²) in [6.45, 7) is 0. The van der Waals surface area contributed by atoms with Crippen LogP contribution in [-0.2, 0) is 0 Å². The lowest BCUT2D eigenvalue weighted by Crippen LogP contribution is -1.84. The van der Waals surface area contributed by atoms with Crippen LogP contribution in [0.25, 0.3) is 55.7 Å². The zero-order chi connectivity index (χ0) is 19.9. The molecule has 0 spiro atoms. The van der Waals surface area contributed by atoms with Crippen LogP contribution >= 0.6 is 0 Å². The number of hydrogen-bond donors (Lipinski definition) is 2. The van der Waals surface area contributed by atoms with Crippen molar-refractivity contribution >= 4 is 22.1 Å². The topological polar surface area (TPSA) is 96.0 Å². The third-order valence-corrected chi connectivity index (χ3v) is 5.17. The van der Waals surface area contributed by atoms with E-state index in [1.165, 1.54) is 0 Å². The standard InChI is InChI=1S/C23H15N7/c1-2-15(9-25-5-1)16-8-17-19(12-28-22(17)27-10-16)23-29-20-13-26-11-18(21(20)30-23)14-3-6-24-7-4-14/h1-13H,(H,27,28)(H,29,30). The number of aromatic amines is 2. The fourth-order valence-corrected chi connectivity index (χ4v) is 3.69. The Kier molecular flexibility index (Phi) is 3.64. The Morgan fingerprint density at radius 2 is 1.67 bits per heavy atom. The molecule has 0 radical (unpaired) electrons. The van der Waals surface area contributed by atoms with Gasteiger partial charge in [0, 0.05) is 71.0 Å². The van der Waals surface area contributed by atoms with E-state index in [4.69, 9.17) is 4.98 Å². The van der Waals surface area contributed by atoms with E-state index in [1.807, 2.05) is 49.1 Å². The van der Waals surface area contributed by atoms with Crippen LogP contribution in [0.4, 0.5) is 0 Å². The van der Waals surface area contributed by atoms with Crippen LogP contribution in [0.15, 0.2) is 79.9 Å². The molecule has 6 heterocycles. The van der Waals surface area contributed by atoms with E-state index in [9.17, 15) is 0 Å². The number of aromatic nitrogens is 7. The minimum Gasteiger partial charge on any atom is -0.345 e. The normalized spacial score (nSPS) is 11.3. The Labute approximate surface area is 170 Å². The van der Waals surface area contributed by atoms with Gasteiger partial charge in [0.2, 0.25) is 0 Å². The molecule has 0 aliphatic heterocycles. The van der Waals surface area contributed by atoms with Gasteiger partial charge in [0.25, 0.3) is 0 Å². The van der Waals surface area contributed by atoms with Gasteiger partial charge in [-0.05, 0) is 29.8 Å². The van der Waals surface area contributed by atoms with Crippen LogP contribution in [0.5, 0.6) is 0 Å². The summed E-state index contributed by atoms with van der Waals surface area (Å²) in [7, 11) is 0. The fraction of sp³-hybridized carbons (Fsp3) is 0. The summed E-state index contributed by atoms with van der Waals surface area (Å²) in [5.41, 5.74) is 7.54. The predicted octanol–water partition coefficient (Wildman–Crippen LogP) is 4.63. The van der Waals surface area contributed by atoms with E-state index in [2.05, 4.69) is 36.0 Å². The minimum absolute atomic E-state index is 0.768. The monoisotopic (exact) mass is 389 g/mol. The SMILES string of the molecule is c1cncc(-c2cnc3[nH]cc(-c4nc5c(-c6ccncc6)cncc5[nH]4)c3c2)c1. The predicted molar refractivity (Wildman–Crippen MR) is 115 cm³/mol. The minimum atomic E-state index is 0.768. The first-order valence-corrected chi connectivity index (χ1v) is 9.49. The van der Waals surface area contributed by atoms with Crippen molar-refractivity contribution in [3.8, 4) is 33.6 Å². The molecule has 0 atom stereocenters. The summed E-state index contributed by atoms with van der Waals surface area (Å²) in [6, 6.07) is 9.97. The van der Waals surface area contributed by atoms with Gasteiger partial charge in [0.15, 0.2) is 0 Å². The Balaban J connectivity index is 1.52. The van der Waals surface area contributed by atoms with E-state index in [-0.39, 0.29) is 0 Å². The summed E-state index contributed by atoms with van der Waals surface area (Å²) in [6.07, 6.45) is 14.6. The van der Waals surface area contributed by atoms with Gasteiger partial charge in [0.05, 0.1) is 17.2 Å². The summed E-state index contributed by atoms with van der Waals surface area (Å²) >= 11 is 0. The summed E-state index contributed by atoms with van der Waals surface area (Å²) in [5, 5.41) is 0.994. The van der Waals surface area contributed by atoms with E-state index < -0.39 is 0 Å². The lowest BCUT2D eigenvalue weighted by atomic mass is 10.1. The van der Waals surface area contributed by atoms with Crippen LogP contribution in [0.1, 0.15) is 0 Å². The Bertz CT molecular complexity index is 1480. The maximum atomic E-state index is 4.91. The Morgan fingerprint density at radius 3 is 2.53 bits per heavy atom. The zero-order valence-corrected chi connectivity index (χ0v) is 15.7. The number of H-pyrrole nitrogens is 2. The van der Waals surface area contributed by atoms with Gasteiger partial charge in [0.1, 0.15) is 11.5 Å². The molecule has 6 aromatic rings. The Morgan fingerprint density at radius 1 is 0.733 bits per heavy atom. The van der Waals surface area contributed by atoms with Gasteiger partial charge >= 0.3 is 0 Å². The highest BCUT2D eigenvalue weighted by molar-refractivity contribution is 5.98. The molecule has 2 N–H and O–H groups in total. The molecular formula is C23H15N7. The van der Waals surface area contributed by atoms with Gasteiger partial charge in [-0.15, -0.1) is 0 Å². The number of imidazole rings is 1. The highest BCUT2D eigenvalue weighted by Crippen LogP contribution is 2.32. The third kappa shape index (κ3) is 2.64. The number of hydrogen-bond acceptors (Lipinski definition) is 5. The van der Waals surface area contributed by atoms with Gasteiger partial charge in [-0.2, -0.15) is 0 Å². The highest BCUT2D eigenvalue weighted by Gasteiger charge is 2.15. The van der Waals surface area contributed by atoms with Crippen molar-refractivity contribution in [1.82, 2.24) is 34.9 Å². The first-order chi connectivity index (χ1) is 14.9. The number of pyridine rings is 4. The van der Waals surface area contributed by atoms with Gasteiger partial charge < -0.3 is 9.97 Å². The van der Waals surface area contributed by atoms with Crippen LogP contribution < -0.4 is 0 Å². The fourth-order valence-electron chi connectivity index (χ4n) is 3.69. The maximum absolute atomic E-state index is 4.91. The molecule has 0 bridgehead atoms. The first-order valence-electron chi connectivity index (χ1n) is 9.49. The summed E-state index contributed by atoms with van der Waals surface area (Å²) in [5.74, 6) is 0.768. The zero-order valence-electron chi connectivity index (χ0n) is 15.7. The Hall–Kier alpha value is -4.39.